The third-order valence-electron chi connectivity index (χ3n) is 5.55. The van der Waals surface area contributed by atoms with Crippen LogP contribution >= 0.6 is 11.8 Å². The predicted molar refractivity (Wildman–Crippen MR) is 113 cm³/mol. The molecular weight excluding hydrogens is 387 g/mol. The van der Waals surface area contributed by atoms with Gasteiger partial charge < -0.3 is 10.6 Å². The molecule has 1 saturated heterocycles. The van der Waals surface area contributed by atoms with Crippen molar-refractivity contribution in [3.63, 3.8) is 0 Å². The molecule has 29 heavy (non-hydrogen) atoms. The van der Waals surface area contributed by atoms with Crippen LogP contribution in [-0.2, 0) is 16.0 Å². The smallest absolute Gasteiger partial charge is 0.243 e. The lowest BCUT2D eigenvalue weighted by molar-refractivity contribution is -0.129. The Morgan fingerprint density at radius 1 is 1.17 bits per heavy atom. The Labute approximate surface area is 174 Å². The van der Waals surface area contributed by atoms with E-state index in [2.05, 4.69) is 34.9 Å². The van der Waals surface area contributed by atoms with Crippen LogP contribution in [0, 0.1) is 18.7 Å². The van der Waals surface area contributed by atoms with E-state index in [0.717, 1.165) is 24.0 Å². The van der Waals surface area contributed by atoms with Gasteiger partial charge in [0.25, 0.3) is 0 Å². The standard InChI is InChI=1S/C23H25FN2O2S/c1-14-2-6-16(7-3-14)21(17-8-9-17)26-22(27)19-13-29-20(23(28)25-19)12-15-4-10-18(24)11-5-15/h2-7,10-11,17,19-21H,8-9,12-13H2,1H3,(H,25,28)(H,26,27). The largest absolute Gasteiger partial charge is 0.347 e. The van der Waals surface area contributed by atoms with Crippen molar-refractivity contribution >= 4 is 23.6 Å². The minimum absolute atomic E-state index is 0.00180. The van der Waals surface area contributed by atoms with Gasteiger partial charge >= 0.3 is 0 Å². The van der Waals surface area contributed by atoms with Gasteiger partial charge in [-0.1, -0.05) is 42.0 Å². The Morgan fingerprint density at radius 3 is 2.48 bits per heavy atom. The lowest BCUT2D eigenvalue weighted by Gasteiger charge is -2.30. The highest BCUT2D eigenvalue weighted by Crippen LogP contribution is 2.41. The van der Waals surface area contributed by atoms with E-state index in [9.17, 15) is 14.0 Å². The molecule has 4 nitrogen and oxygen atoms in total. The first kappa shape index (κ1) is 20.0. The first-order valence-corrected chi connectivity index (χ1v) is 11.1. The summed E-state index contributed by atoms with van der Waals surface area (Å²) in [5.41, 5.74) is 3.23. The molecule has 0 bridgehead atoms. The average molecular weight is 413 g/mol. The lowest BCUT2D eigenvalue weighted by Crippen LogP contribution is -2.55. The minimum Gasteiger partial charge on any atom is -0.347 e. The summed E-state index contributed by atoms with van der Waals surface area (Å²) in [4.78, 5) is 25.4. The van der Waals surface area contributed by atoms with Crippen molar-refractivity contribution in [1.82, 2.24) is 10.6 Å². The molecule has 3 unspecified atom stereocenters. The minimum atomic E-state index is -0.524. The summed E-state index contributed by atoms with van der Waals surface area (Å²) in [6.07, 6.45) is 2.76. The molecule has 0 radical (unpaired) electrons. The van der Waals surface area contributed by atoms with Crippen molar-refractivity contribution in [1.29, 1.82) is 0 Å². The fourth-order valence-electron chi connectivity index (χ4n) is 3.65. The van der Waals surface area contributed by atoms with E-state index in [0.29, 0.717) is 18.1 Å². The zero-order valence-electron chi connectivity index (χ0n) is 16.4. The van der Waals surface area contributed by atoms with Crippen LogP contribution in [0.25, 0.3) is 0 Å². The van der Waals surface area contributed by atoms with Crippen molar-refractivity contribution in [2.24, 2.45) is 5.92 Å². The van der Waals surface area contributed by atoms with Crippen LogP contribution in [0.1, 0.15) is 35.6 Å². The summed E-state index contributed by atoms with van der Waals surface area (Å²) in [6.45, 7) is 2.05. The Kier molecular flexibility index (Phi) is 5.90. The number of benzene rings is 2. The molecule has 1 aliphatic carbocycles. The quantitative estimate of drug-likeness (QED) is 0.763. The lowest BCUT2D eigenvalue weighted by atomic mass is 10.0. The molecule has 1 saturated carbocycles. The van der Waals surface area contributed by atoms with E-state index in [4.69, 9.17) is 0 Å². The van der Waals surface area contributed by atoms with Gasteiger partial charge in [-0.2, -0.15) is 0 Å². The molecule has 0 aromatic heterocycles. The molecule has 2 aromatic carbocycles. The first-order valence-electron chi connectivity index (χ1n) is 10.0. The van der Waals surface area contributed by atoms with Gasteiger partial charge in [0, 0.05) is 5.75 Å². The third kappa shape index (κ3) is 4.99. The number of nitrogens with one attached hydrogen (secondary N) is 2. The molecule has 2 amide bonds. The summed E-state index contributed by atoms with van der Waals surface area (Å²) in [6, 6.07) is 14.0. The summed E-state index contributed by atoms with van der Waals surface area (Å²) in [7, 11) is 0. The summed E-state index contributed by atoms with van der Waals surface area (Å²) in [5.74, 6) is 0.465. The van der Waals surface area contributed by atoms with Crippen molar-refractivity contribution in [3.8, 4) is 0 Å². The summed E-state index contributed by atoms with van der Waals surface area (Å²) < 4.78 is 13.1. The first-order chi connectivity index (χ1) is 14.0. The topological polar surface area (TPSA) is 58.2 Å². The number of hydrogen-bond acceptors (Lipinski definition) is 3. The van der Waals surface area contributed by atoms with E-state index in [1.165, 1.54) is 29.5 Å². The second-order valence-electron chi connectivity index (χ2n) is 7.95. The summed E-state index contributed by atoms with van der Waals surface area (Å²) >= 11 is 1.49. The average Bonchev–Trinajstić information content (AvgIpc) is 3.55. The van der Waals surface area contributed by atoms with Crippen LogP contribution < -0.4 is 10.6 Å². The fourth-order valence-corrected chi connectivity index (χ4v) is 4.84. The maximum Gasteiger partial charge on any atom is 0.243 e. The number of carbonyl (C=O) groups excluding carboxylic acids is 2. The zero-order valence-corrected chi connectivity index (χ0v) is 17.2. The van der Waals surface area contributed by atoms with Crippen LogP contribution in [0.4, 0.5) is 4.39 Å². The number of thioether (sulfide) groups is 1. The number of carbonyl (C=O) groups is 2. The molecule has 0 spiro atoms. The number of hydrogen-bond donors (Lipinski definition) is 2. The van der Waals surface area contributed by atoms with E-state index in [1.54, 1.807) is 12.1 Å². The van der Waals surface area contributed by atoms with Crippen LogP contribution in [0.3, 0.4) is 0 Å². The van der Waals surface area contributed by atoms with Gasteiger partial charge in [-0.3, -0.25) is 9.59 Å². The predicted octanol–water partition coefficient (Wildman–Crippen LogP) is 3.54. The zero-order chi connectivity index (χ0) is 20.4. The van der Waals surface area contributed by atoms with Crippen LogP contribution in [0.15, 0.2) is 48.5 Å². The molecule has 2 fully saturated rings. The monoisotopic (exact) mass is 412 g/mol. The second kappa shape index (κ2) is 8.57. The maximum absolute atomic E-state index is 13.1. The van der Waals surface area contributed by atoms with Gasteiger partial charge in [0.05, 0.1) is 11.3 Å². The Morgan fingerprint density at radius 2 is 1.86 bits per heavy atom. The fraction of sp³-hybridized carbons (Fsp3) is 0.391. The van der Waals surface area contributed by atoms with Gasteiger partial charge in [0.2, 0.25) is 11.8 Å². The molecule has 1 aliphatic heterocycles. The van der Waals surface area contributed by atoms with E-state index < -0.39 is 6.04 Å². The van der Waals surface area contributed by atoms with Crippen molar-refractivity contribution in [3.05, 3.63) is 71.0 Å². The van der Waals surface area contributed by atoms with E-state index >= 15 is 0 Å². The van der Waals surface area contributed by atoms with Gasteiger partial charge in [0.1, 0.15) is 11.9 Å². The SMILES string of the molecule is Cc1ccc(C(NC(=O)C2CSC(Cc3ccc(F)cc3)C(=O)N2)C2CC2)cc1. The molecular formula is C23H25FN2O2S. The molecule has 2 N–H and O–H groups in total. The molecule has 2 aromatic rings. The molecule has 3 atom stereocenters. The molecule has 2 aliphatic rings. The Hall–Kier alpha value is -2.34. The highest BCUT2D eigenvalue weighted by Gasteiger charge is 2.37. The molecule has 4 rings (SSSR count). The Balaban J connectivity index is 1.35. The van der Waals surface area contributed by atoms with Gasteiger partial charge in [-0.15, -0.1) is 11.8 Å². The third-order valence-corrected chi connectivity index (χ3v) is 6.86. The number of rotatable bonds is 6. The van der Waals surface area contributed by atoms with Gasteiger partial charge in [-0.05, 0) is 55.4 Å². The van der Waals surface area contributed by atoms with E-state index in [-0.39, 0.29) is 28.9 Å². The highest BCUT2D eigenvalue weighted by atomic mass is 32.2. The number of aryl methyl sites for hydroxylation is 1. The number of amides is 2. The molecule has 6 heteroatoms. The highest BCUT2D eigenvalue weighted by molar-refractivity contribution is 8.00. The molecule has 152 valence electrons. The molecule has 1 heterocycles. The van der Waals surface area contributed by atoms with Gasteiger partial charge in [0.15, 0.2) is 0 Å². The van der Waals surface area contributed by atoms with Crippen molar-refractivity contribution in [2.45, 2.75) is 43.5 Å². The summed E-state index contributed by atoms with van der Waals surface area (Å²) in [5, 5.41) is 5.78. The Bertz CT molecular complexity index is 881. The van der Waals surface area contributed by atoms with Crippen molar-refractivity contribution in [2.75, 3.05) is 5.75 Å². The maximum atomic E-state index is 13.1. The normalized spacial score (nSPS) is 22.6. The van der Waals surface area contributed by atoms with E-state index in [1.807, 2.05) is 6.92 Å². The van der Waals surface area contributed by atoms with Crippen LogP contribution in [0.5, 0.6) is 0 Å². The van der Waals surface area contributed by atoms with Gasteiger partial charge in [-0.25, -0.2) is 4.39 Å². The second-order valence-corrected chi connectivity index (χ2v) is 9.18. The van der Waals surface area contributed by atoms with Crippen LogP contribution in [-0.4, -0.2) is 28.9 Å². The number of halogens is 1. The van der Waals surface area contributed by atoms with Crippen LogP contribution in [0.2, 0.25) is 0 Å². The van der Waals surface area contributed by atoms with Crippen molar-refractivity contribution < 1.29 is 14.0 Å².